The highest BCUT2D eigenvalue weighted by Gasteiger charge is 1.99. The molecule has 1 atom stereocenters. The van der Waals surface area contributed by atoms with E-state index in [9.17, 15) is 0 Å². The summed E-state index contributed by atoms with van der Waals surface area (Å²) in [5, 5.41) is 8.84. The van der Waals surface area contributed by atoms with Gasteiger partial charge in [-0.3, -0.25) is 0 Å². The minimum absolute atomic E-state index is 0.00615. The van der Waals surface area contributed by atoms with Crippen LogP contribution in [0, 0.1) is 0 Å². The van der Waals surface area contributed by atoms with Crippen LogP contribution in [0.25, 0.3) is 0 Å². The summed E-state index contributed by atoms with van der Waals surface area (Å²) in [5.41, 5.74) is 5.68. The van der Waals surface area contributed by atoms with E-state index in [-0.39, 0.29) is 12.6 Å². The topological polar surface area (TPSA) is 46.2 Å². The van der Waals surface area contributed by atoms with Crippen molar-refractivity contribution in [1.29, 1.82) is 0 Å². The third-order valence-electron chi connectivity index (χ3n) is 4.66. The molecule has 0 amide bonds. The standard InChI is InChI=1S/C20H43NO/c1-2-3-4-5-6-7-8-9-10-11-12-13-14-15-16-17-18-20(21)19-22/h20,22H,2-19,21H2,1H3/t20-/m1/s1. The molecular formula is C20H43NO. The fourth-order valence-corrected chi connectivity index (χ4v) is 3.05. The Labute approximate surface area is 140 Å². The highest BCUT2D eigenvalue weighted by atomic mass is 16.3. The third kappa shape index (κ3) is 18.0. The van der Waals surface area contributed by atoms with E-state index in [0.717, 1.165) is 6.42 Å². The van der Waals surface area contributed by atoms with Crippen molar-refractivity contribution in [2.45, 2.75) is 122 Å². The first kappa shape index (κ1) is 21.9. The number of aliphatic hydroxyl groups excluding tert-OH is 1. The minimum Gasteiger partial charge on any atom is -0.395 e. The average Bonchev–Trinajstić information content (AvgIpc) is 2.54. The molecule has 0 radical (unpaired) electrons. The Bertz CT molecular complexity index is 196. The van der Waals surface area contributed by atoms with Gasteiger partial charge in [-0.15, -0.1) is 0 Å². The molecule has 0 unspecified atom stereocenters. The van der Waals surface area contributed by atoms with E-state index in [1.165, 1.54) is 103 Å². The Hall–Kier alpha value is -0.0800. The molecule has 0 bridgehead atoms. The molecular weight excluding hydrogens is 270 g/mol. The first-order valence-corrected chi connectivity index (χ1v) is 10.2. The van der Waals surface area contributed by atoms with Crippen molar-refractivity contribution in [2.75, 3.05) is 6.61 Å². The van der Waals surface area contributed by atoms with Gasteiger partial charge in [0.2, 0.25) is 0 Å². The second-order valence-electron chi connectivity index (χ2n) is 7.03. The van der Waals surface area contributed by atoms with Crippen LogP contribution in [0.3, 0.4) is 0 Å². The van der Waals surface area contributed by atoms with Gasteiger partial charge >= 0.3 is 0 Å². The predicted molar refractivity (Wildman–Crippen MR) is 99.2 cm³/mol. The Morgan fingerprint density at radius 3 is 1.23 bits per heavy atom. The second kappa shape index (κ2) is 19.0. The lowest BCUT2D eigenvalue weighted by Crippen LogP contribution is -2.23. The van der Waals surface area contributed by atoms with Gasteiger partial charge in [0.05, 0.1) is 6.61 Å². The van der Waals surface area contributed by atoms with Gasteiger partial charge in [0, 0.05) is 6.04 Å². The summed E-state index contributed by atoms with van der Waals surface area (Å²) in [7, 11) is 0. The van der Waals surface area contributed by atoms with Crippen molar-refractivity contribution < 1.29 is 5.11 Å². The van der Waals surface area contributed by atoms with Crippen molar-refractivity contribution in [1.82, 2.24) is 0 Å². The van der Waals surface area contributed by atoms with Gasteiger partial charge in [0.1, 0.15) is 0 Å². The zero-order valence-corrected chi connectivity index (χ0v) is 15.3. The molecule has 0 spiro atoms. The maximum atomic E-state index is 8.84. The smallest absolute Gasteiger partial charge is 0.0582 e. The lowest BCUT2D eigenvalue weighted by molar-refractivity contribution is 0.257. The second-order valence-corrected chi connectivity index (χ2v) is 7.03. The molecule has 0 aromatic heterocycles. The first-order valence-electron chi connectivity index (χ1n) is 10.2. The monoisotopic (exact) mass is 313 g/mol. The van der Waals surface area contributed by atoms with E-state index in [2.05, 4.69) is 6.92 Å². The molecule has 0 aromatic rings. The summed E-state index contributed by atoms with van der Waals surface area (Å²) < 4.78 is 0. The van der Waals surface area contributed by atoms with Crippen LogP contribution in [0.4, 0.5) is 0 Å². The quantitative estimate of drug-likeness (QED) is 0.307. The lowest BCUT2D eigenvalue weighted by atomic mass is 10.0. The molecule has 0 aliphatic rings. The lowest BCUT2D eigenvalue weighted by Gasteiger charge is -2.07. The van der Waals surface area contributed by atoms with E-state index in [1.54, 1.807) is 0 Å². The molecule has 0 saturated carbocycles. The molecule has 0 saturated heterocycles. The van der Waals surface area contributed by atoms with Crippen LogP contribution < -0.4 is 5.73 Å². The van der Waals surface area contributed by atoms with E-state index in [1.807, 2.05) is 0 Å². The van der Waals surface area contributed by atoms with Gasteiger partial charge in [-0.05, 0) is 6.42 Å². The number of aliphatic hydroxyl groups is 1. The molecule has 0 fully saturated rings. The van der Waals surface area contributed by atoms with E-state index in [4.69, 9.17) is 10.8 Å². The normalized spacial score (nSPS) is 12.7. The van der Waals surface area contributed by atoms with Crippen molar-refractivity contribution in [2.24, 2.45) is 5.73 Å². The summed E-state index contributed by atoms with van der Waals surface area (Å²) in [6.45, 7) is 2.42. The molecule has 134 valence electrons. The van der Waals surface area contributed by atoms with Crippen LogP contribution in [-0.4, -0.2) is 17.8 Å². The minimum atomic E-state index is 0.00615. The highest BCUT2D eigenvalue weighted by molar-refractivity contribution is 4.58. The average molecular weight is 314 g/mol. The maximum Gasteiger partial charge on any atom is 0.0582 e. The number of hydrogen-bond donors (Lipinski definition) is 2. The van der Waals surface area contributed by atoms with E-state index in [0.29, 0.717) is 0 Å². The molecule has 3 N–H and O–H groups in total. The molecule has 0 aliphatic heterocycles. The summed E-state index contributed by atoms with van der Waals surface area (Å²) in [6, 6.07) is 0.00615. The molecule has 0 aromatic carbocycles. The van der Waals surface area contributed by atoms with Crippen LogP contribution in [0.15, 0.2) is 0 Å². The molecule has 2 nitrogen and oxygen atoms in total. The molecule has 0 aliphatic carbocycles. The van der Waals surface area contributed by atoms with Crippen molar-refractivity contribution in [3.8, 4) is 0 Å². The Morgan fingerprint density at radius 1 is 0.591 bits per heavy atom. The van der Waals surface area contributed by atoms with Crippen LogP contribution in [0.5, 0.6) is 0 Å². The maximum absolute atomic E-state index is 8.84. The van der Waals surface area contributed by atoms with Gasteiger partial charge in [-0.25, -0.2) is 0 Å². The van der Waals surface area contributed by atoms with Crippen molar-refractivity contribution in [3.63, 3.8) is 0 Å². The van der Waals surface area contributed by atoms with Gasteiger partial charge < -0.3 is 10.8 Å². The van der Waals surface area contributed by atoms with Crippen LogP contribution in [0.1, 0.15) is 116 Å². The van der Waals surface area contributed by atoms with Crippen LogP contribution >= 0.6 is 0 Å². The number of unbranched alkanes of at least 4 members (excludes halogenated alkanes) is 15. The van der Waals surface area contributed by atoms with Crippen LogP contribution in [0.2, 0.25) is 0 Å². The zero-order chi connectivity index (χ0) is 16.3. The molecule has 0 heterocycles. The first-order chi connectivity index (χ1) is 10.8. The zero-order valence-electron chi connectivity index (χ0n) is 15.3. The largest absolute Gasteiger partial charge is 0.395 e. The summed E-state index contributed by atoms with van der Waals surface area (Å²) >= 11 is 0. The number of rotatable bonds is 18. The molecule has 0 rings (SSSR count). The van der Waals surface area contributed by atoms with Gasteiger partial charge in [-0.2, -0.15) is 0 Å². The van der Waals surface area contributed by atoms with Crippen molar-refractivity contribution >= 4 is 0 Å². The van der Waals surface area contributed by atoms with E-state index >= 15 is 0 Å². The third-order valence-corrected chi connectivity index (χ3v) is 4.66. The van der Waals surface area contributed by atoms with Gasteiger partial charge in [-0.1, -0.05) is 110 Å². The Balaban J connectivity index is 2.97. The molecule has 2 heteroatoms. The Kier molecular flexibility index (Phi) is 18.9. The summed E-state index contributed by atoms with van der Waals surface area (Å²) in [4.78, 5) is 0. The van der Waals surface area contributed by atoms with E-state index < -0.39 is 0 Å². The Morgan fingerprint density at radius 2 is 0.909 bits per heavy atom. The number of hydrogen-bond acceptors (Lipinski definition) is 2. The molecule has 22 heavy (non-hydrogen) atoms. The van der Waals surface area contributed by atoms with Crippen molar-refractivity contribution in [3.05, 3.63) is 0 Å². The van der Waals surface area contributed by atoms with Gasteiger partial charge in [0.25, 0.3) is 0 Å². The fourth-order valence-electron chi connectivity index (χ4n) is 3.05. The number of nitrogens with two attached hydrogens (primary N) is 1. The summed E-state index contributed by atoms with van der Waals surface area (Å²) in [5.74, 6) is 0. The predicted octanol–water partition coefficient (Wildman–Crippen LogP) is 5.96. The van der Waals surface area contributed by atoms with Crippen LogP contribution in [-0.2, 0) is 0 Å². The SMILES string of the molecule is CCCCCCCCCCCCCCCCCC[C@@H](N)CO. The highest BCUT2D eigenvalue weighted by Crippen LogP contribution is 2.14. The van der Waals surface area contributed by atoms with Gasteiger partial charge in [0.15, 0.2) is 0 Å². The fraction of sp³-hybridized carbons (Fsp3) is 1.00. The summed E-state index contributed by atoms with van der Waals surface area (Å²) in [6.07, 6.45) is 23.4.